The van der Waals surface area contributed by atoms with E-state index in [1.54, 1.807) is 0 Å². The van der Waals surface area contributed by atoms with Crippen LogP contribution in [0, 0.1) is 0 Å². The number of nitrogens with zero attached hydrogens (tertiary/aromatic N) is 2. The van der Waals surface area contributed by atoms with Crippen LogP contribution in [-0.4, -0.2) is 44.7 Å². The summed E-state index contributed by atoms with van der Waals surface area (Å²) in [6.45, 7) is 6.89. The van der Waals surface area contributed by atoms with Gasteiger partial charge in [-0.2, -0.15) is 0 Å². The van der Waals surface area contributed by atoms with E-state index in [-0.39, 0.29) is 6.09 Å². The fourth-order valence-electron chi connectivity index (χ4n) is 5.68. The molecule has 6 rings (SSSR count). The van der Waals surface area contributed by atoms with E-state index in [4.69, 9.17) is 20.4 Å². The van der Waals surface area contributed by atoms with Crippen molar-refractivity contribution in [3.8, 4) is 22.3 Å². The van der Waals surface area contributed by atoms with Crippen molar-refractivity contribution in [1.29, 1.82) is 0 Å². The Hall–Kier alpha value is -4.69. The maximum absolute atomic E-state index is 11.8. The number of rotatable bonds is 11. The van der Waals surface area contributed by atoms with Crippen molar-refractivity contribution in [3.05, 3.63) is 84.4 Å². The summed E-state index contributed by atoms with van der Waals surface area (Å²) in [6, 6.07) is 26.1. The van der Waals surface area contributed by atoms with Gasteiger partial charge in [-0.05, 0) is 122 Å². The summed E-state index contributed by atoms with van der Waals surface area (Å²) in [5, 5.41) is 5.22. The van der Waals surface area contributed by atoms with Crippen LogP contribution < -0.4 is 11.1 Å². The number of benzene rings is 4. The Morgan fingerprint density at radius 1 is 0.711 bits per heavy atom. The standard InChI is InChI=1S/C37H42N6O2/c1-37(2,3)45-36(44)39-19-7-5-9-35-41-31-17-15-29(23-33(31)43-35)27-13-11-24-20-26(12-10-25(24)21-27)28-14-16-30-32(22-28)42-34(40-30)8-4-6-18-38/h10-17,20-23H,4-9,18-19,38H2,1-3H3,(H,39,44)(H,40,42)(H,41,43). The highest BCUT2D eigenvalue weighted by atomic mass is 16.6. The van der Waals surface area contributed by atoms with Gasteiger partial charge in [-0.1, -0.05) is 36.4 Å². The Morgan fingerprint density at radius 2 is 1.20 bits per heavy atom. The Kier molecular flexibility index (Phi) is 8.85. The van der Waals surface area contributed by atoms with Gasteiger partial charge >= 0.3 is 6.09 Å². The number of H-pyrrole nitrogens is 2. The fraction of sp³-hybridized carbons (Fsp3) is 0.324. The minimum atomic E-state index is -0.486. The number of aryl methyl sites for hydroxylation is 2. The first kappa shape index (κ1) is 30.3. The van der Waals surface area contributed by atoms with Gasteiger partial charge < -0.3 is 25.8 Å². The molecule has 8 heteroatoms. The number of amides is 1. The lowest BCUT2D eigenvalue weighted by atomic mass is 9.97. The van der Waals surface area contributed by atoms with E-state index in [1.807, 2.05) is 20.8 Å². The zero-order chi connectivity index (χ0) is 31.4. The molecule has 0 aliphatic carbocycles. The molecule has 45 heavy (non-hydrogen) atoms. The molecule has 0 bridgehead atoms. The van der Waals surface area contributed by atoms with E-state index in [0.29, 0.717) is 13.1 Å². The third kappa shape index (κ3) is 7.52. The second-order valence-electron chi connectivity index (χ2n) is 12.7. The van der Waals surface area contributed by atoms with Gasteiger partial charge in [-0.25, -0.2) is 14.8 Å². The molecule has 0 saturated heterocycles. The van der Waals surface area contributed by atoms with Crippen LogP contribution in [0.4, 0.5) is 4.79 Å². The van der Waals surface area contributed by atoms with Crippen LogP contribution in [0.5, 0.6) is 0 Å². The maximum atomic E-state index is 11.8. The van der Waals surface area contributed by atoms with Crippen LogP contribution in [0.15, 0.2) is 72.8 Å². The minimum Gasteiger partial charge on any atom is -0.444 e. The highest BCUT2D eigenvalue weighted by molar-refractivity contribution is 5.93. The summed E-state index contributed by atoms with van der Waals surface area (Å²) in [5.41, 5.74) is 13.9. The molecular weight excluding hydrogens is 560 g/mol. The number of nitrogens with one attached hydrogen (secondary N) is 3. The average Bonchev–Trinajstić information content (AvgIpc) is 3.62. The lowest BCUT2D eigenvalue weighted by Gasteiger charge is -2.19. The number of hydrogen-bond donors (Lipinski definition) is 4. The normalized spacial score (nSPS) is 11.9. The summed E-state index contributed by atoms with van der Waals surface area (Å²) < 4.78 is 5.29. The van der Waals surface area contributed by atoms with E-state index in [2.05, 4.69) is 88.1 Å². The molecule has 2 aromatic heterocycles. The Bertz CT molecular complexity index is 1950. The zero-order valence-electron chi connectivity index (χ0n) is 26.4. The van der Waals surface area contributed by atoms with Crippen molar-refractivity contribution in [2.45, 2.75) is 64.9 Å². The number of ether oxygens (including phenoxy) is 1. The number of nitrogens with two attached hydrogens (primary N) is 1. The first-order valence-corrected chi connectivity index (χ1v) is 15.9. The second-order valence-corrected chi connectivity index (χ2v) is 12.7. The van der Waals surface area contributed by atoms with Crippen molar-refractivity contribution >= 4 is 38.9 Å². The second kappa shape index (κ2) is 13.1. The Balaban J connectivity index is 1.11. The number of aromatic nitrogens is 4. The highest BCUT2D eigenvalue weighted by Crippen LogP contribution is 2.31. The number of imidazole rings is 2. The van der Waals surface area contributed by atoms with Crippen LogP contribution in [0.2, 0.25) is 0 Å². The lowest BCUT2D eigenvalue weighted by Crippen LogP contribution is -2.33. The molecule has 0 atom stereocenters. The summed E-state index contributed by atoms with van der Waals surface area (Å²) in [5.74, 6) is 1.98. The molecule has 4 aromatic carbocycles. The molecule has 2 heterocycles. The van der Waals surface area contributed by atoms with E-state index in [0.717, 1.165) is 77.8 Å². The van der Waals surface area contributed by atoms with Crippen LogP contribution in [0.25, 0.3) is 55.1 Å². The smallest absolute Gasteiger partial charge is 0.407 e. The molecule has 0 spiro atoms. The minimum absolute atomic E-state index is 0.372. The molecule has 6 aromatic rings. The molecular formula is C37H42N6O2. The predicted molar refractivity (Wildman–Crippen MR) is 183 cm³/mol. The molecule has 1 amide bonds. The van der Waals surface area contributed by atoms with Gasteiger partial charge in [0.2, 0.25) is 0 Å². The molecule has 0 fully saturated rings. The molecule has 5 N–H and O–H groups in total. The molecule has 0 aliphatic heterocycles. The van der Waals surface area contributed by atoms with Gasteiger partial charge in [0.05, 0.1) is 22.1 Å². The van der Waals surface area contributed by atoms with Crippen LogP contribution >= 0.6 is 0 Å². The molecule has 232 valence electrons. The van der Waals surface area contributed by atoms with Crippen LogP contribution in [-0.2, 0) is 17.6 Å². The van der Waals surface area contributed by atoms with Crippen molar-refractivity contribution in [2.24, 2.45) is 5.73 Å². The van der Waals surface area contributed by atoms with Crippen molar-refractivity contribution in [3.63, 3.8) is 0 Å². The fourth-order valence-corrected chi connectivity index (χ4v) is 5.68. The topological polar surface area (TPSA) is 122 Å². The van der Waals surface area contributed by atoms with E-state index in [9.17, 15) is 4.79 Å². The third-order valence-corrected chi connectivity index (χ3v) is 7.95. The number of hydrogen-bond acceptors (Lipinski definition) is 5. The lowest BCUT2D eigenvalue weighted by molar-refractivity contribution is 0.0527. The summed E-state index contributed by atoms with van der Waals surface area (Å²) in [4.78, 5) is 28.3. The third-order valence-electron chi connectivity index (χ3n) is 7.95. The number of carbonyl (C=O) groups excluding carboxylic acids is 1. The number of carbonyl (C=O) groups is 1. The average molecular weight is 603 g/mol. The summed E-state index contributed by atoms with van der Waals surface area (Å²) in [7, 11) is 0. The van der Waals surface area contributed by atoms with Gasteiger partial charge in [0.1, 0.15) is 17.2 Å². The maximum Gasteiger partial charge on any atom is 0.407 e. The molecule has 8 nitrogen and oxygen atoms in total. The summed E-state index contributed by atoms with van der Waals surface area (Å²) in [6.07, 6.45) is 5.20. The van der Waals surface area contributed by atoms with Crippen molar-refractivity contribution in [2.75, 3.05) is 13.1 Å². The summed E-state index contributed by atoms with van der Waals surface area (Å²) >= 11 is 0. The van der Waals surface area contributed by atoms with Crippen LogP contribution in [0.1, 0.15) is 58.1 Å². The predicted octanol–water partition coefficient (Wildman–Crippen LogP) is 8.06. The van der Waals surface area contributed by atoms with E-state index < -0.39 is 5.60 Å². The van der Waals surface area contributed by atoms with Gasteiger partial charge in [-0.3, -0.25) is 0 Å². The first-order valence-electron chi connectivity index (χ1n) is 15.9. The largest absolute Gasteiger partial charge is 0.444 e. The van der Waals surface area contributed by atoms with E-state index in [1.165, 1.54) is 27.5 Å². The number of fused-ring (bicyclic) bond motifs is 3. The SMILES string of the molecule is CC(C)(C)OC(=O)NCCCCc1nc2ccc(-c3ccc4cc(-c5ccc6nc(CCCCN)[nH]c6c5)ccc4c3)cc2[nH]1. The molecule has 0 saturated carbocycles. The number of aromatic amines is 2. The molecule has 0 aliphatic rings. The number of alkyl carbamates (subject to hydrolysis) is 1. The van der Waals surface area contributed by atoms with Gasteiger partial charge in [0.15, 0.2) is 0 Å². The van der Waals surface area contributed by atoms with Gasteiger partial charge in [-0.15, -0.1) is 0 Å². The molecule has 0 radical (unpaired) electrons. The van der Waals surface area contributed by atoms with Crippen molar-refractivity contribution < 1.29 is 9.53 Å². The number of unbranched alkanes of at least 4 members (excludes halogenated alkanes) is 2. The quantitative estimate of drug-likeness (QED) is 0.112. The first-order chi connectivity index (χ1) is 21.7. The monoisotopic (exact) mass is 602 g/mol. The highest BCUT2D eigenvalue weighted by Gasteiger charge is 2.15. The Labute approximate surface area is 263 Å². The van der Waals surface area contributed by atoms with Crippen molar-refractivity contribution in [1.82, 2.24) is 25.3 Å². The Morgan fingerprint density at radius 3 is 1.71 bits per heavy atom. The van der Waals surface area contributed by atoms with Gasteiger partial charge in [0.25, 0.3) is 0 Å². The van der Waals surface area contributed by atoms with Gasteiger partial charge in [0, 0.05) is 19.4 Å². The van der Waals surface area contributed by atoms with E-state index >= 15 is 0 Å². The van der Waals surface area contributed by atoms with Crippen LogP contribution in [0.3, 0.4) is 0 Å². The molecule has 0 unspecified atom stereocenters. The zero-order valence-corrected chi connectivity index (χ0v) is 26.4.